The van der Waals surface area contributed by atoms with E-state index >= 15 is 0 Å². The van der Waals surface area contributed by atoms with Crippen molar-refractivity contribution in [1.82, 2.24) is 10.2 Å². The first-order valence-corrected chi connectivity index (χ1v) is 8.63. The highest BCUT2D eigenvalue weighted by Crippen LogP contribution is 2.14. The van der Waals surface area contributed by atoms with Gasteiger partial charge in [-0.25, -0.2) is 4.79 Å². The second-order valence-corrected chi connectivity index (χ2v) is 7.04. The van der Waals surface area contributed by atoms with Gasteiger partial charge in [0.05, 0.1) is 13.2 Å². The van der Waals surface area contributed by atoms with Crippen LogP contribution in [0.3, 0.4) is 0 Å². The number of alkyl carbamates (subject to hydrolysis) is 1. The van der Waals surface area contributed by atoms with Crippen molar-refractivity contribution in [3.05, 3.63) is 42.0 Å². The van der Waals surface area contributed by atoms with E-state index in [9.17, 15) is 4.79 Å². The van der Waals surface area contributed by atoms with E-state index < -0.39 is 11.7 Å². The number of hydrogen-bond acceptors (Lipinski definition) is 5. The van der Waals surface area contributed by atoms with Crippen molar-refractivity contribution in [2.24, 2.45) is 0 Å². The SMILES string of the molecule is COc1ccc(CN(C/C=C/C#N)C(C)CNC(=O)OC(C)(C)C)cc1. The van der Waals surface area contributed by atoms with Crippen LogP contribution in [0.4, 0.5) is 4.79 Å². The average molecular weight is 359 g/mol. The Morgan fingerprint density at radius 1 is 1.35 bits per heavy atom. The minimum Gasteiger partial charge on any atom is -0.497 e. The van der Waals surface area contributed by atoms with E-state index in [1.807, 2.05) is 64.1 Å². The fourth-order valence-electron chi connectivity index (χ4n) is 2.28. The number of methoxy groups -OCH3 is 1. The molecule has 0 bridgehead atoms. The van der Waals surface area contributed by atoms with Crippen molar-refractivity contribution in [2.75, 3.05) is 20.2 Å². The molecule has 1 N–H and O–H groups in total. The Balaban J connectivity index is 2.69. The molecular formula is C20H29N3O3. The quantitative estimate of drug-likeness (QED) is 0.719. The minimum atomic E-state index is -0.522. The predicted molar refractivity (Wildman–Crippen MR) is 102 cm³/mol. The molecule has 0 heterocycles. The highest BCUT2D eigenvalue weighted by molar-refractivity contribution is 5.67. The number of allylic oxidation sites excluding steroid dienone is 1. The van der Waals surface area contributed by atoms with Crippen LogP contribution in [-0.2, 0) is 11.3 Å². The molecule has 6 nitrogen and oxygen atoms in total. The standard InChI is InChI=1S/C20H29N3O3/c1-16(14-22-19(24)26-20(2,3)4)23(13-7-6-12-21)15-17-8-10-18(25-5)11-9-17/h6-11,16H,13-15H2,1-5H3,(H,22,24)/b7-6+. The number of carbonyl (C=O) groups excluding carboxylic acids is 1. The molecule has 1 rings (SSSR count). The molecule has 0 saturated carbocycles. The van der Waals surface area contributed by atoms with Crippen LogP contribution in [0.1, 0.15) is 33.3 Å². The molecule has 0 aliphatic rings. The Bertz CT molecular complexity index is 627. The van der Waals surface area contributed by atoms with Gasteiger partial charge in [-0.3, -0.25) is 4.90 Å². The lowest BCUT2D eigenvalue weighted by Crippen LogP contribution is -2.43. The van der Waals surface area contributed by atoms with Crippen LogP contribution in [0, 0.1) is 11.3 Å². The van der Waals surface area contributed by atoms with E-state index in [1.165, 1.54) is 6.08 Å². The van der Waals surface area contributed by atoms with Gasteiger partial charge in [0.2, 0.25) is 0 Å². The molecule has 1 unspecified atom stereocenters. The summed E-state index contributed by atoms with van der Waals surface area (Å²) in [6, 6.07) is 9.92. The second-order valence-electron chi connectivity index (χ2n) is 7.04. The molecule has 0 radical (unpaired) electrons. The lowest BCUT2D eigenvalue weighted by Gasteiger charge is -2.29. The van der Waals surface area contributed by atoms with Crippen LogP contribution in [0.25, 0.3) is 0 Å². The van der Waals surface area contributed by atoms with Gasteiger partial charge in [0.1, 0.15) is 11.4 Å². The van der Waals surface area contributed by atoms with Crippen molar-refractivity contribution < 1.29 is 14.3 Å². The van der Waals surface area contributed by atoms with Crippen LogP contribution in [0.2, 0.25) is 0 Å². The van der Waals surface area contributed by atoms with Gasteiger partial charge in [-0.2, -0.15) is 5.26 Å². The van der Waals surface area contributed by atoms with Crippen LogP contribution in [0.5, 0.6) is 5.75 Å². The van der Waals surface area contributed by atoms with Crippen LogP contribution >= 0.6 is 0 Å². The number of hydrogen-bond donors (Lipinski definition) is 1. The molecule has 6 heteroatoms. The van der Waals surface area contributed by atoms with Gasteiger partial charge < -0.3 is 14.8 Å². The molecule has 26 heavy (non-hydrogen) atoms. The molecule has 0 aliphatic carbocycles. The highest BCUT2D eigenvalue weighted by atomic mass is 16.6. The maximum absolute atomic E-state index is 11.9. The van der Waals surface area contributed by atoms with Crippen molar-refractivity contribution in [2.45, 2.75) is 45.9 Å². The van der Waals surface area contributed by atoms with Crippen LogP contribution in [0.15, 0.2) is 36.4 Å². The molecular weight excluding hydrogens is 330 g/mol. The van der Waals surface area contributed by atoms with Gasteiger partial charge in [-0.15, -0.1) is 0 Å². The Hall–Kier alpha value is -2.52. The normalized spacial score (nSPS) is 12.7. The molecule has 0 saturated heterocycles. The van der Waals surface area contributed by atoms with Crippen molar-refractivity contribution in [3.63, 3.8) is 0 Å². The Kier molecular flexibility index (Phi) is 8.66. The van der Waals surface area contributed by atoms with Gasteiger partial charge in [0.25, 0.3) is 0 Å². The van der Waals surface area contributed by atoms with Gasteiger partial charge in [-0.05, 0) is 45.4 Å². The Morgan fingerprint density at radius 3 is 2.54 bits per heavy atom. The fourth-order valence-corrected chi connectivity index (χ4v) is 2.28. The minimum absolute atomic E-state index is 0.0629. The summed E-state index contributed by atoms with van der Waals surface area (Å²) in [5.74, 6) is 0.810. The highest BCUT2D eigenvalue weighted by Gasteiger charge is 2.18. The molecule has 0 spiro atoms. The number of benzene rings is 1. The average Bonchev–Trinajstić information content (AvgIpc) is 2.58. The largest absolute Gasteiger partial charge is 0.497 e. The zero-order chi connectivity index (χ0) is 19.6. The van der Waals surface area contributed by atoms with Crippen molar-refractivity contribution in [1.29, 1.82) is 5.26 Å². The third-order valence-corrected chi connectivity index (χ3v) is 3.64. The smallest absolute Gasteiger partial charge is 0.407 e. The summed E-state index contributed by atoms with van der Waals surface area (Å²) in [5, 5.41) is 11.5. The van der Waals surface area contributed by atoms with E-state index in [4.69, 9.17) is 14.7 Å². The number of nitrogens with one attached hydrogen (secondary N) is 1. The van der Waals surface area contributed by atoms with Gasteiger partial charge in [-0.1, -0.05) is 18.2 Å². The molecule has 1 atom stereocenters. The van der Waals surface area contributed by atoms with Gasteiger partial charge in [0, 0.05) is 31.8 Å². The van der Waals surface area contributed by atoms with Gasteiger partial charge in [0.15, 0.2) is 0 Å². The molecule has 1 amide bonds. The summed E-state index contributed by atoms with van der Waals surface area (Å²) in [4.78, 5) is 14.0. The fraction of sp³-hybridized carbons (Fsp3) is 0.500. The molecule has 0 aromatic heterocycles. The van der Waals surface area contributed by atoms with Crippen LogP contribution in [-0.4, -0.2) is 42.8 Å². The summed E-state index contributed by atoms with van der Waals surface area (Å²) in [5.41, 5.74) is 0.603. The monoisotopic (exact) mass is 359 g/mol. The third-order valence-electron chi connectivity index (χ3n) is 3.64. The first-order chi connectivity index (χ1) is 12.2. The Labute approximate surface area is 156 Å². The maximum Gasteiger partial charge on any atom is 0.407 e. The zero-order valence-corrected chi connectivity index (χ0v) is 16.3. The lowest BCUT2D eigenvalue weighted by atomic mass is 10.1. The number of nitriles is 1. The van der Waals surface area contributed by atoms with E-state index in [0.717, 1.165) is 11.3 Å². The summed E-state index contributed by atoms with van der Waals surface area (Å²) in [7, 11) is 1.64. The van der Waals surface area contributed by atoms with E-state index in [1.54, 1.807) is 7.11 Å². The van der Waals surface area contributed by atoms with Crippen molar-refractivity contribution >= 4 is 6.09 Å². The summed E-state index contributed by atoms with van der Waals surface area (Å²) < 4.78 is 10.5. The van der Waals surface area contributed by atoms with E-state index in [2.05, 4.69) is 10.2 Å². The predicted octanol–water partition coefficient (Wildman–Crippen LogP) is 3.49. The topological polar surface area (TPSA) is 74.6 Å². The van der Waals surface area contributed by atoms with E-state index in [-0.39, 0.29) is 6.04 Å². The first-order valence-electron chi connectivity index (χ1n) is 8.63. The van der Waals surface area contributed by atoms with E-state index in [0.29, 0.717) is 19.6 Å². The number of rotatable bonds is 8. The zero-order valence-electron chi connectivity index (χ0n) is 16.3. The molecule has 142 valence electrons. The second kappa shape index (κ2) is 10.5. The number of nitrogens with zero attached hydrogens (tertiary/aromatic N) is 2. The first kappa shape index (κ1) is 21.5. The number of amides is 1. The number of carbonyl (C=O) groups is 1. The Morgan fingerprint density at radius 2 is 2.00 bits per heavy atom. The van der Waals surface area contributed by atoms with Crippen molar-refractivity contribution in [3.8, 4) is 11.8 Å². The molecule has 1 aromatic rings. The summed E-state index contributed by atoms with van der Waals surface area (Å²) in [6.07, 6.45) is 2.85. The lowest BCUT2D eigenvalue weighted by molar-refractivity contribution is 0.0510. The molecule has 0 aliphatic heterocycles. The summed E-state index contributed by atoms with van der Waals surface area (Å²) >= 11 is 0. The molecule has 1 aromatic carbocycles. The van der Waals surface area contributed by atoms with Gasteiger partial charge >= 0.3 is 6.09 Å². The third kappa shape index (κ3) is 8.54. The number of ether oxygens (including phenoxy) is 2. The maximum atomic E-state index is 11.9. The molecule has 0 fully saturated rings. The van der Waals surface area contributed by atoms with Crippen LogP contribution < -0.4 is 10.1 Å². The summed E-state index contributed by atoms with van der Waals surface area (Å²) in [6.45, 7) is 9.27.